The van der Waals surface area contributed by atoms with E-state index in [4.69, 9.17) is 0 Å². The maximum atomic E-state index is 12.9. The molecule has 28 heavy (non-hydrogen) atoms. The van der Waals surface area contributed by atoms with Crippen LogP contribution in [0.4, 0.5) is 17.1 Å². The molecule has 1 amide bonds. The molecule has 5 nitrogen and oxygen atoms in total. The van der Waals surface area contributed by atoms with Crippen molar-refractivity contribution in [1.29, 1.82) is 0 Å². The van der Waals surface area contributed by atoms with Crippen molar-refractivity contribution in [3.05, 3.63) is 54.1 Å². The Labute approximate surface area is 167 Å². The number of anilines is 3. The van der Waals surface area contributed by atoms with Gasteiger partial charge in [0.05, 0.1) is 32.7 Å². The standard InChI is InChI=1S/C23H30N4O/c1-3-25-14-16-26(17-15-25)21-10-8-20(9-11-21)24-18(2)23(28)27-13-12-19-6-4-5-7-22(19)27/h4-11,18,24H,3,12-17H2,1-2H3/p+1/t18-/m0/s1. The molecule has 2 aliphatic heterocycles. The summed E-state index contributed by atoms with van der Waals surface area (Å²) in [6.07, 6.45) is 0.941. The lowest BCUT2D eigenvalue weighted by atomic mass is 10.2. The van der Waals surface area contributed by atoms with Crippen LogP contribution >= 0.6 is 0 Å². The Morgan fingerprint density at radius 1 is 1.07 bits per heavy atom. The lowest BCUT2D eigenvalue weighted by Crippen LogP contribution is -3.14. The molecule has 2 aromatic carbocycles. The Bertz CT molecular complexity index is 812. The summed E-state index contributed by atoms with van der Waals surface area (Å²) >= 11 is 0. The minimum Gasteiger partial charge on any atom is -0.374 e. The van der Waals surface area contributed by atoms with E-state index in [0.717, 1.165) is 37.4 Å². The highest BCUT2D eigenvalue weighted by Crippen LogP contribution is 2.28. The van der Waals surface area contributed by atoms with Crippen molar-refractivity contribution >= 4 is 23.0 Å². The molecule has 2 aliphatic rings. The average molecular weight is 380 g/mol. The van der Waals surface area contributed by atoms with Crippen LogP contribution in [0, 0.1) is 0 Å². The first-order valence-corrected chi connectivity index (χ1v) is 10.5. The second kappa shape index (κ2) is 8.23. The van der Waals surface area contributed by atoms with E-state index in [1.807, 2.05) is 30.0 Å². The lowest BCUT2D eigenvalue weighted by molar-refractivity contribution is -0.898. The highest BCUT2D eigenvalue weighted by atomic mass is 16.2. The summed E-state index contributed by atoms with van der Waals surface area (Å²) in [4.78, 5) is 19.0. The maximum Gasteiger partial charge on any atom is 0.249 e. The van der Waals surface area contributed by atoms with Gasteiger partial charge in [-0.1, -0.05) is 18.2 Å². The van der Waals surface area contributed by atoms with E-state index < -0.39 is 0 Å². The van der Waals surface area contributed by atoms with E-state index in [1.54, 1.807) is 4.90 Å². The fourth-order valence-electron chi connectivity index (χ4n) is 4.32. The number of carbonyl (C=O) groups is 1. The average Bonchev–Trinajstić information content (AvgIpc) is 3.18. The van der Waals surface area contributed by atoms with Crippen molar-refractivity contribution in [2.45, 2.75) is 26.3 Å². The van der Waals surface area contributed by atoms with Gasteiger partial charge in [0.2, 0.25) is 5.91 Å². The second-order valence-corrected chi connectivity index (χ2v) is 7.87. The third-order valence-corrected chi connectivity index (χ3v) is 6.11. The van der Waals surface area contributed by atoms with E-state index in [2.05, 4.69) is 47.5 Å². The number of hydrogen-bond donors (Lipinski definition) is 2. The summed E-state index contributed by atoms with van der Waals surface area (Å²) in [5.74, 6) is 0.132. The third kappa shape index (κ3) is 3.85. The van der Waals surface area contributed by atoms with Crippen molar-refractivity contribution in [3.8, 4) is 0 Å². The van der Waals surface area contributed by atoms with Gasteiger partial charge in [-0.25, -0.2) is 0 Å². The molecule has 2 N–H and O–H groups in total. The number of fused-ring (bicyclic) bond motifs is 1. The number of rotatable bonds is 5. The minimum absolute atomic E-state index is 0.132. The molecule has 0 bridgehead atoms. The molecule has 5 heteroatoms. The highest BCUT2D eigenvalue weighted by molar-refractivity contribution is 6.00. The van der Waals surface area contributed by atoms with Gasteiger partial charge in [0.1, 0.15) is 6.04 Å². The Balaban J connectivity index is 1.36. The summed E-state index contributed by atoms with van der Waals surface area (Å²) in [6.45, 7) is 10.8. The number of likely N-dealkylation sites (N-methyl/N-ethyl adjacent to an activating group) is 1. The number of hydrogen-bond acceptors (Lipinski definition) is 3. The third-order valence-electron chi connectivity index (χ3n) is 6.11. The molecule has 0 saturated carbocycles. The summed E-state index contributed by atoms with van der Waals surface area (Å²) < 4.78 is 0. The first-order chi connectivity index (χ1) is 13.7. The monoisotopic (exact) mass is 379 g/mol. The van der Waals surface area contributed by atoms with E-state index >= 15 is 0 Å². The predicted octanol–water partition coefficient (Wildman–Crippen LogP) is 1.80. The molecular weight excluding hydrogens is 348 g/mol. The van der Waals surface area contributed by atoms with Crippen molar-refractivity contribution in [2.75, 3.05) is 54.4 Å². The van der Waals surface area contributed by atoms with Crippen LogP contribution in [0.5, 0.6) is 0 Å². The minimum atomic E-state index is -0.256. The molecule has 1 fully saturated rings. The molecule has 2 heterocycles. The second-order valence-electron chi connectivity index (χ2n) is 7.87. The van der Waals surface area contributed by atoms with E-state index in [0.29, 0.717) is 0 Å². The van der Waals surface area contributed by atoms with Crippen molar-refractivity contribution in [2.24, 2.45) is 0 Å². The number of quaternary nitrogens is 1. The fraction of sp³-hybridized carbons (Fsp3) is 0.435. The molecule has 0 spiro atoms. The number of nitrogens with zero attached hydrogens (tertiary/aromatic N) is 2. The van der Waals surface area contributed by atoms with Gasteiger partial charge in [-0.2, -0.15) is 0 Å². The molecule has 1 atom stereocenters. The number of benzene rings is 2. The maximum absolute atomic E-state index is 12.9. The summed E-state index contributed by atoms with van der Waals surface area (Å²) in [5.41, 5.74) is 4.59. The molecular formula is C23H31N4O+. The summed E-state index contributed by atoms with van der Waals surface area (Å²) in [7, 11) is 0. The first kappa shape index (κ1) is 18.8. The predicted molar refractivity (Wildman–Crippen MR) is 115 cm³/mol. The van der Waals surface area contributed by atoms with Crippen LogP contribution in [0.15, 0.2) is 48.5 Å². The van der Waals surface area contributed by atoms with Crippen LogP contribution in [-0.2, 0) is 11.2 Å². The van der Waals surface area contributed by atoms with Crippen molar-refractivity contribution in [1.82, 2.24) is 0 Å². The Hall–Kier alpha value is -2.53. The summed E-state index contributed by atoms with van der Waals surface area (Å²) in [5, 5.41) is 3.38. The molecule has 2 aromatic rings. The number of piperazine rings is 1. The fourth-order valence-corrected chi connectivity index (χ4v) is 4.32. The van der Waals surface area contributed by atoms with Crippen molar-refractivity contribution < 1.29 is 9.69 Å². The quantitative estimate of drug-likeness (QED) is 0.832. The van der Waals surface area contributed by atoms with Gasteiger partial charge >= 0.3 is 0 Å². The zero-order valence-electron chi connectivity index (χ0n) is 16.9. The topological polar surface area (TPSA) is 40.0 Å². The molecule has 0 radical (unpaired) electrons. The van der Waals surface area contributed by atoms with Gasteiger partial charge in [-0.05, 0) is 56.2 Å². The molecule has 148 valence electrons. The normalized spacial score (nSPS) is 18.1. The van der Waals surface area contributed by atoms with Crippen LogP contribution < -0.4 is 20.0 Å². The smallest absolute Gasteiger partial charge is 0.249 e. The number of carbonyl (C=O) groups excluding carboxylic acids is 1. The number of amides is 1. The van der Waals surface area contributed by atoms with Gasteiger partial charge in [0, 0.05) is 23.6 Å². The Morgan fingerprint density at radius 3 is 2.50 bits per heavy atom. The zero-order valence-corrected chi connectivity index (χ0v) is 16.9. The van der Waals surface area contributed by atoms with Crippen LogP contribution in [0.1, 0.15) is 19.4 Å². The Kier molecular flexibility index (Phi) is 5.53. The van der Waals surface area contributed by atoms with Crippen LogP contribution in [0.25, 0.3) is 0 Å². The van der Waals surface area contributed by atoms with Gasteiger partial charge < -0.3 is 20.0 Å². The SMILES string of the molecule is CC[NH+]1CCN(c2ccc(N[C@@H](C)C(=O)N3CCc4ccccc43)cc2)CC1. The first-order valence-electron chi connectivity index (χ1n) is 10.5. The van der Waals surface area contributed by atoms with Gasteiger partial charge in [-0.3, -0.25) is 4.79 Å². The molecule has 4 rings (SSSR count). The van der Waals surface area contributed by atoms with E-state index in [-0.39, 0.29) is 11.9 Å². The number of para-hydroxylation sites is 1. The lowest BCUT2D eigenvalue weighted by Gasteiger charge is -2.33. The molecule has 1 saturated heterocycles. The largest absolute Gasteiger partial charge is 0.374 e. The van der Waals surface area contributed by atoms with Crippen LogP contribution in [0.3, 0.4) is 0 Å². The molecule has 0 aliphatic carbocycles. The van der Waals surface area contributed by atoms with Crippen LogP contribution in [0.2, 0.25) is 0 Å². The summed E-state index contributed by atoms with van der Waals surface area (Å²) in [6, 6.07) is 16.5. The van der Waals surface area contributed by atoms with Gasteiger partial charge in [0.25, 0.3) is 0 Å². The zero-order chi connectivity index (χ0) is 19.5. The van der Waals surface area contributed by atoms with Gasteiger partial charge in [0.15, 0.2) is 0 Å². The highest BCUT2D eigenvalue weighted by Gasteiger charge is 2.27. The van der Waals surface area contributed by atoms with Crippen molar-refractivity contribution in [3.63, 3.8) is 0 Å². The molecule has 0 unspecified atom stereocenters. The van der Waals surface area contributed by atoms with Crippen LogP contribution in [-0.4, -0.2) is 51.2 Å². The van der Waals surface area contributed by atoms with Gasteiger partial charge in [-0.15, -0.1) is 0 Å². The number of nitrogens with one attached hydrogen (secondary N) is 2. The Morgan fingerprint density at radius 2 is 1.79 bits per heavy atom. The molecule has 0 aromatic heterocycles. The van der Waals surface area contributed by atoms with E-state index in [9.17, 15) is 4.79 Å². The van der Waals surface area contributed by atoms with E-state index in [1.165, 1.54) is 30.9 Å².